The number of pyridine rings is 1. The van der Waals surface area contributed by atoms with Crippen LogP contribution in [-0.4, -0.2) is 81.3 Å². The number of amides is 1. The molecule has 0 bridgehead atoms. The summed E-state index contributed by atoms with van der Waals surface area (Å²) >= 11 is 0. The number of nitrogens with one attached hydrogen (secondary N) is 2. The van der Waals surface area contributed by atoms with Gasteiger partial charge in [0.15, 0.2) is 5.96 Å². The summed E-state index contributed by atoms with van der Waals surface area (Å²) in [4.78, 5) is 25.0. The fraction of sp³-hybridized carbons (Fsp3) is 0.611. The van der Waals surface area contributed by atoms with Crippen LogP contribution in [0.4, 0.5) is 5.82 Å². The predicted octanol–water partition coefficient (Wildman–Crippen LogP) is 0.322. The molecule has 1 aliphatic heterocycles. The first kappa shape index (κ1) is 20.0. The zero-order valence-corrected chi connectivity index (χ0v) is 15.8. The van der Waals surface area contributed by atoms with Crippen LogP contribution in [0.3, 0.4) is 0 Å². The van der Waals surface area contributed by atoms with E-state index in [1.54, 1.807) is 13.2 Å². The standard InChI is InChI=1S/C18H30N6O2/c1-3-26-15-10-22-18(19-2)21-9-7-17(25)24-13-11-23(12-14-24)16-6-4-5-8-20-16/h4-6,8H,3,7,9-15H2,1-2H3,(H2,19,21,22). The van der Waals surface area contributed by atoms with Crippen LogP contribution in [0.1, 0.15) is 13.3 Å². The molecule has 1 aromatic rings. The van der Waals surface area contributed by atoms with Crippen molar-refractivity contribution in [1.29, 1.82) is 0 Å². The first-order valence-corrected chi connectivity index (χ1v) is 9.20. The third-order valence-corrected chi connectivity index (χ3v) is 4.20. The highest BCUT2D eigenvalue weighted by Crippen LogP contribution is 2.12. The molecule has 1 aliphatic rings. The largest absolute Gasteiger partial charge is 0.380 e. The highest BCUT2D eigenvalue weighted by Gasteiger charge is 2.21. The van der Waals surface area contributed by atoms with Crippen LogP contribution in [0.5, 0.6) is 0 Å². The van der Waals surface area contributed by atoms with Crippen molar-refractivity contribution >= 4 is 17.7 Å². The first-order chi connectivity index (χ1) is 12.7. The number of anilines is 1. The van der Waals surface area contributed by atoms with Gasteiger partial charge >= 0.3 is 0 Å². The number of ether oxygens (including phenoxy) is 1. The van der Waals surface area contributed by atoms with Crippen LogP contribution in [0, 0.1) is 0 Å². The van der Waals surface area contributed by atoms with Crippen molar-refractivity contribution < 1.29 is 9.53 Å². The number of piperazine rings is 1. The fourth-order valence-corrected chi connectivity index (χ4v) is 2.78. The third-order valence-electron chi connectivity index (χ3n) is 4.20. The molecule has 1 amide bonds. The molecular formula is C18H30N6O2. The maximum atomic E-state index is 12.4. The number of guanidine groups is 1. The lowest BCUT2D eigenvalue weighted by molar-refractivity contribution is -0.131. The molecule has 2 heterocycles. The molecule has 8 heteroatoms. The molecular weight excluding hydrogens is 332 g/mol. The van der Waals surface area contributed by atoms with Crippen LogP contribution in [-0.2, 0) is 9.53 Å². The lowest BCUT2D eigenvalue weighted by Crippen LogP contribution is -2.49. The van der Waals surface area contributed by atoms with Gasteiger partial charge in [-0.15, -0.1) is 0 Å². The van der Waals surface area contributed by atoms with E-state index in [9.17, 15) is 4.79 Å². The molecule has 0 unspecified atom stereocenters. The third kappa shape index (κ3) is 6.51. The van der Waals surface area contributed by atoms with Gasteiger partial charge in [0, 0.05) is 65.5 Å². The normalized spacial score (nSPS) is 15.1. The number of hydrogen-bond acceptors (Lipinski definition) is 5. The van der Waals surface area contributed by atoms with Crippen molar-refractivity contribution in [3.8, 4) is 0 Å². The van der Waals surface area contributed by atoms with Crippen molar-refractivity contribution in [2.24, 2.45) is 4.99 Å². The SMILES string of the molecule is CCOCCNC(=NC)NCCC(=O)N1CCN(c2ccccn2)CC1. The topological polar surface area (TPSA) is 82.1 Å². The maximum Gasteiger partial charge on any atom is 0.224 e. The van der Waals surface area contributed by atoms with Gasteiger partial charge < -0.3 is 25.2 Å². The molecule has 1 saturated heterocycles. The molecule has 0 aliphatic carbocycles. The predicted molar refractivity (Wildman–Crippen MR) is 104 cm³/mol. The molecule has 1 aromatic heterocycles. The van der Waals surface area contributed by atoms with E-state index in [2.05, 4.69) is 25.5 Å². The summed E-state index contributed by atoms with van der Waals surface area (Å²) in [7, 11) is 1.72. The molecule has 26 heavy (non-hydrogen) atoms. The molecule has 8 nitrogen and oxygen atoms in total. The number of hydrogen-bond donors (Lipinski definition) is 2. The second-order valence-corrected chi connectivity index (χ2v) is 5.93. The molecule has 2 rings (SSSR count). The summed E-state index contributed by atoms with van der Waals surface area (Å²) in [6, 6.07) is 5.90. The van der Waals surface area contributed by atoms with Gasteiger partial charge in [0.05, 0.1) is 6.61 Å². The molecule has 144 valence electrons. The van der Waals surface area contributed by atoms with Crippen LogP contribution < -0.4 is 15.5 Å². The highest BCUT2D eigenvalue weighted by atomic mass is 16.5. The second kappa shape index (κ2) is 11.3. The number of aliphatic imine (C=N–C) groups is 1. The Morgan fingerprint density at radius 3 is 2.65 bits per heavy atom. The monoisotopic (exact) mass is 362 g/mol. The molecule has 1 fully saturated rings. The van der Waals surface area contributed by atoms with Gasteiger partial charge in [-0.1, -0.05) is 6.07 Å². The number of nitrogens with zero attached hydrogens (tertiary/aromatic N) is 4. The van der Waals surface area contributed by atoms with E-state index in [1.807, 2.05) is 30.0 Å². The van der Waals surface area contributed by atoms with Crippen LogP contribution in [0.25, 0.3) is 0 Å². The van der Waals surface area contributed by atoms with Crippen molar-refractivity contribution in [2.45, 2.75) is 13.3 Å². The van der Waals surface area contributed by atoms with Crippen molar-refractivity contribution in [3.05, 3.63) is 24.4 Å². The quantitative estimate of drug-likeness (QED) is 0.394. The smallest absolute Gasteiger partial charge is 0.224 e. The number of aromatic nitrogens is 1. The average molecular weight is 362 g/mol. The van der Waals surface area contributed by atoms with E-state index in [4.69, 9.17) is 4.74 Å². The summed E-state index contributed by atoms with van der Waals surface area (Å²) in [5, 5.41) is 6.32. The second-order valence-electron chi connectivity index (χ2n) is 5.93. The van der Waals surface area contributed by atoms with Gasteiger partial charge in [0.25, 0.3) is 0 Å². The Morgan fingerprint density at radius 1 is 1.23 bits per heavy atom. The van der Waals surface area contributed by atoms with Crippen LogP contribution in [0.15, 0.2) is 29.4 Å². The summed E-state index contributed by atoms with van der Waals surface area (Å²) in [6.07, 6.45) is 2.25. The number of rotatable bonds is 8. The summed E-state index contributed by atoms with van der Waals surface area (Å²) in [6.45, 7) is 7.66. The molecule has 0 atom stereocenters. The van der Waals surface area contributed by atoms with Gasteiger partial charge in [-0.2, -0.15) is 0 Å². The molecule has 2 N–H and O–H groups in total. The zero-order chi connectivity index (χ0) is 18.6. The van der Waals surface area contributed by atoms with E-state index in [-0.39, 0.29) is 5.91 Å². The number of carbonyl (C=O) groups is 1. The van der Waals surface area contributed by atoms with Crippen molar-refractivity contribution in [1.82, 2.24) is 20.5 Å². The Balaban J connectivity index is 1.64. The van der Waals surface area contributed by atoms with E-state index in [1.165, 1.54) is 0 Å². The molecule has 0 radical (unpaired) electrons. The van der Waals surface area contributed by atoms with E-state index < -0.39 is 0 Å². The summed E-state index contributed by atoms with van der Waals surface area (Å²) in [5.41, 5.74) is 0. The lowest BCUT2D eigenvalue weighted by atomic mass is 10.2. The lowest BCUT2D eigenvalue weighted by Gasteiger charge is -2.35. The highest BCUT2D eigenvalue weighted by molar-refractivity contribution is 5.81. The van der Waals surface area contributed by atoms with Crippen molar-refractivity contribution in [2.75, 3.05) is 64.4 Å². The Kier molecular flexibility index (Phi) is 8.68. The minimum atomic E-state index is 0.169. The Bertz CT molecular complexity index is 558. The van der Waals surface area contributed by atoms with Crippen LogP contribution >= 0.6 is 0 Å². The summed E-state index contributed by atoms with van der Waals surface area (Å²) < 4.78 is 5.28. The minimum Gasteiger partial charge on any atom is -0.380 e. The Morgan fingerprint density at radius 2 is 2.00 bits per heavy atom. The van der Waals surface area contributed by atoms with Gasteiger partial charge in [-0.05, 0) is 19.1 Å². The van der Waals surface area contributed by atoms with Gasteiger partial charge in [-0.25, -0.2) is 4.98 Å². The average Bonchev–Trinajstić information content (AvgIpc) is 2.70. The fourth-order valence-electron chi connectivity index (χ4n) is 2.78. The van der Waals surface area contributed by atoms with Gasteiger partial charge in [0.2, 0.25) is 5.91 Å². The zero-order valence-electron chi connectivity index (χ0n) is 15.8. The van der Waals surface area contributed by atoms with Gasteiger partial charge in [0.1, 0.15) is 5.82 Å². The van der Waals surface area contributed by atoms with Gasteiger partial charge in [-0.3, -0.25) is 9.79 Å². The number of carbonyl (C=O) groups excluding carboxylic acids is 1. The molecule has 0 saturated carbocycles. The van der Waals surface area contributed by atoms with Crippen LogP contribution in [0.2, 0.25) is 0 Å². The van der Waals surface area contributed by atoms with E-state index >= 15 is 0 Å². The summed E-state index contributed by atoms with van der Waals surface area (Å²) in [5.74, 6) is 1.84. The van der Waals surface area contributed by atoms with Crippen molar-refractivity contribution in [3.63, 3.8) is 0 Å². The molecule has 0 aromatic carbocycles. The van der Waals surface area contributed by atoms with E-state index in [0.717, 1.165) is 32.0 Å². The first-order valence-electron chi connectivity index (χ1n) is 9.20. The minimum absolute atomic E-state index is 0.169. The maximum absolute atomic E-state index is 12.4. The Labute approximate surface area is 155 Å². The molecule has 0 spiro atoms. The van der Waals surface area contributed by atoms with E-state index in [0.29, 0.717) is 38.7 Å². The Hall–Kier alpha value is -2.35.